The minimum Gasteiger partial charge on any atom is -0.394 e. The normalized spacial score (nSPS) is 39.8. The van der Waals surface area contributed by atoms with Crippen LogP contribution >= 0.6 is 0 Å². The minimum atomic E-state index is -1.80. The van der Waals surface area contributed by atoms with E-state index in [4.69, 9.17) is 76.0 Å². The first-order valence-corrected chi connectivity index (χ1v) is 14.5. The molecule has 0 aromatic heterocycles. The Bertz CT molecular complexity index is 1210. The quantitative estimate of drug-likeness (QED) is 0.0705. The van der Waals surface area contributed by atoms with Gasteiger partial charge in [0.2, 0.25) is 0 Å². The zero-order valence-corrected chi connectivity index (χ0v) is 25.6. The Hall–Kier alpha value is -4.05. The first-order valence-electron chi connectivity index (χ1n) is 14.5. The van der Waals surface area contributed by atoms with Crippen molar-refractivity contribution in [2.45, 2.75) is 98.1 Å². The van der Waals surface area contributed by atoms with Crippen LogP contribution in [-0.2, 0) is 18.9 Å². The molecule has 3 fully saturated rings. The van der Waals surface area contributed by atoms with E-state index in [1.165, 1.54) is 0 Å². The molecule has 1 aliphatic carbocycles. The van der Waals surface area contributed by atoms with Gasteiger partial charge in [-0.3, -0.25) is 10.4 Å². The predicted octanol–water partition coefficient (Wildman–Crippen LogP) is -10.5. The molecule has 0 spiro atoms. The van der Waals surface area contributed by atoms with E-state index in [1.54, 1.807) is 0 Å². The van der Waals surface area contributed by atoms with Gasteiger partial charge in [-0.25, -0.2) is 15.0 Å². The number of aliphatic hydroxyl groups excluding tert-OH is 6. The van der Waals surface area contributed by atoms with Crippen molar-refractivity contribution in [3.8, 4) is 0 Å². The second-order valence-corrected chi connectivity index (χ2v) is 11.3. The van der Waals surface area contributed by atoms with Gasteiger partial charge in [0.1, 0.15) is 67.0 Å². The average molecular weight is 694 g/mol. The van der Waals surface area contributed by atoms with Gasteiger partial charge in [0.15, 0.2) is 42.4 Å². The molecule has 48 heavy (non-hydrogen) atoms. The number of nitrogens with zero attached hydrogens (tertiary/aromatic N) is 4. The third kappa shape index (κ3) is 9.30. The summed E-state index contributed by atoms with van der Waals surface area (Å²) in [7, 11) is 0. The van der Waals surface area contributed by atoms with E-state index in [-0.39, 0.29) is 18.9 Å². The van der Waals surface area contributed by atoms with Crippen LogP contribution in [0.25, 0.3) is 0 Å². The highest BCUT2D eigenvalue weighted by Gasteiger charge is 2.54. The van der Waals surface area contributed by atoms with Gasteiger partial charge in [0, 0.05) is 0 Å². The second kappa shape index (κ2) is 16.4. The van der Waals surface area contributed by atoms with Crippen LogP contribution in [0.15, 0.2) is 20.0 Å². The molecule has 0 bridgehead atoms. The zero-order valence-electron chi connectivity index (χ0n) is 25.6. The Balaban J connectivity index is 2.11. The van der Waals surface area contributed by atoms with Gasteiger partial charge in [-0.2, -0.15) is 0 Å². The van der Waals surface area contributed by atoms with E-state index in [1.807, 2.05) is 0 Å². The Morgan fingerprint density at radius 2 is 1.23 bits per heavy atom. The number of guanidine groups is 5. The molecule has 3 aliphatic rings. The maximum atomic E-state index is 11.6. The monoisotopic (exact) mass is 693 g/mol. The lowest BCUT2D eigenvalue weighted by Crippen LogP contribution is -2.67. The first kappa shape index (κ1) is 38.4. The van der Waals surface area contributed by atoms with Gasteiger partial charge in [-0.1, -0.05) is 0 Å². The summed E-state index contributed by atoms with van der Waals surface area (Å²) >= 11 is 0. The van der Waals surface area contributed by atoms with Crippen molar-refractivity contribution in [2.24, 2.45) is 71.6 Å². The molecular formula is C23H47N15O10. The molecule has 25 heteroatoms. The number of rotatable bonds is 11. The van der Waals surface area contributed by atoms with Crippen molar-refractivity contribution < 1.29 is 49.6 Å². The minimum absolute atomic E-state index is 0.159. The molecule has 0 amide bonds. The molecule has 0 radical (unpaired) electrons. The Morgan fingerprint density at radius 3 is 1.77 bits per heavy atom. The fraction of sp³-hybridized carbons (Fsp3) is 0.783. The highest BCUT2D eigenvalue weighted by Crippen LogP contribution is 2.35. The summed E-state index contributed by atoms with van der Waals surface area (Å²) in [4.78, 5) is 15.8. The van der Waals surface area contributed by atoms with E-state index in [9.17, 15) is 30.6 Å². The Labute approximate surface area is 273 Å². The Morgan fingerprint density at radius 1 is 0.667 bits per heavy atom. The van der Waals surface area contributed by atoms with E-state index in [0.29, 0.717) is 0 Å². The highest BCUT2D eigenvalue weighted by molar-refractivity contribution is 5.77. The third-order valence-electron chi connectivity index (χ3n) is 7.75. The zero-order chi connectivity index (χ0) is 36.0. The first-order chi connectivity index (χ1) is 22.4. The number of aliphatic hydroxyl groups is 6. The van der Waals surface area contributed by atoms with E-state index in [2.05, 4.69) is 25.3 Å². The van der Waals surface area contributed by atoms with Gasteiger partial charge >= 0.3 is 0 Å². The van der Waals surface area contributed by atoms with Crippen LogP contribution < -0.4 is 56.9 Å². The van der Waals surface area contributed by atoms with Gasteiger partial charge in [-0.05, 0) is 6.42 Å². The van der Waals surface area contributed by atoms with Crippen LogP contribution in [-0.4, -0.2) is 165 Å². The molecule has 2 heterocycles. The molecule has 25 nitrogen and oxygen atoms in total. The average Bonchev–Trinajstić information content (AvgIpc) is 2.98. The van der Waals surface area contributed by atoms with E-state index >= 15 is 0 Å². The Kier molecular flexibility index (Phi) is 13.1. The van der Waals surface area contributed by atoms with Crippen LogP contribution in [0.2, 0.25) is 0 Å². The van der Waals surface area contributed by atoms with E-state index in [0.717, 1.165) is 0 Å². The fourth-order valence-electron chi connectivity index (χ4n) is 5.66. The summed E-state index contributed by atoms with van der Waals surface area (Å²) in [5, 5.41) is 75.2. The molecule has 3 rings (SSSR count). The standard InChI is InChI=1S/C23H47N15O10/c24-19(25)34-2-6-12(42)13(43)9(38-23(32)33)17(45-6)47-15-5(36-21(28)29)1-4(35-20(26)27)10(40)16(15)48-18-14(44)8(37-22(30)31)11(41)7(3-39)46-18/h4-18,39-44H,1-3H2,(H4,24,25,34)(H4,26,27,35)(H4,28,29,36)(H4,30,31,37)(H4,32,33,38)/t4-,5+,6+,7+,8-,9+,10+,11+,12+,13+,14+,15-,16-,17+,18-/m0/s1. The summed E-state index contributed by atoms with van der Waals surface area (Å²) < 4.78 is 23.8. The number of ether oxygens (including phenoxy) is 4. The van der Waals surface area contributed by atoms with Crippen molar-refractivity contribution in [1.82, 2.24) is 5.32 Å². The van der Waals surface area contributed by atoms with Gasteiger partial charge in [-0.15, -0.1) is 0 Å². The molecule has 15 atom stereocenters. The molecule has 2 aliphatic heterocycles. The van der Waals surface area contributed by atoms with Crippen LogP contribution in [0.3, 0.4) is 0 Å². The smallest absolute Gasteiger partial charge is 0.186 e. The number of nitrogens with two attached hydrogens (primary N) is 9. The number of hydrogen-bond acceptors (Lipinski definition) is 15. The van der Waals surface area contributed by atoms with Crippen molar-refractivity contribution in [1.29, 1.82) is 5.41 Å². The summed E-state index contributed by atoms with van der Waals surface area (Å²) in [5.41, 5.74) is 50.0. The summed E-state index contributed by atoms with van der Waals surface area (Å²) in [6, 6.07) is -5.21. The molecule has 0 unspecified atom stereocenters. The van der Waals surface area contributed by atoms with Crippen molar-refractivity contribution in [3.63, 3.8) is 0 Å². The van der Waals surface area contributed by atoms with Crippen LogP contribution in [0.1, 0.15) is 6.42 Å². The lowest BCUT2D eigenvalue weighted by atomic mass is 9.83. The van der Waals surface area contributed by atoms with Crippen molar-refractivity contribution in [2.75, 3.05) is 13.2 Å². The number of hydrogen-bond donors (Lipinski definition) is 17. The van der Waals surface area contributed by atoms with Gasteiger partial charge in [0.25, 0.3) is 0 Å². The van der Waals surface area contributed by atoms with Gasteiger partial charge < -0.3 is 107 Å². The molecule has 0 aromatic rings. The van der Waals surface area contributed by atoms with Crippen molar-refractivity contribution in [3.05, 3.63) is 0 Å². The molecule has 0 aromatic carbocycles. The molecule has 26 N–H and O–H groups in total. The predicted molar refractivity (Wildman–Crippen MR) is 167 cm³/mol. The number of nitrogens with one attached hydrogen (secondary N) is 2. The molecule has 274 valence electrons. The van der Waals surface area contributed by atoms with Crippen LogP contribution in [0.4, 0.5) is 0 Å². The summed E-state index contributed by atoms with van der Waals surface area (Å²) in [6.07, 6.45) is -17.7. The summed E-state index contributed by atoms with van der Waals surface area (Å²) in [5.74, 6) is -2.37. The van der Waals surface area contributed by atoms with Crippen molar-refractivity contribution >= 4 is 29.8 Å². The lowest BCUT2D eigenvalue weighted by molar-refractivity contribution is -0.331. The SMILES string of the molecule is N=C(N)N[C@H]1C[C@@H](N=C(N)N)[C@H](O[C@H]2O[C@H](CN=C(N)N)[C@@H](O)[C@H](O)[C@H]2N=C(N)N)[C@@H](O[C@@H]2O[C@H](CO)[C@@H](O)[C@H](N=C(N)N)[C@H]2O)[C@@H]1O. The van der Waals surface area contributed by atoms with E-state index < -0.39 is 122 Å². The maximum Gasteiger partial charge on any atom is 0.186 e. The molecular weight excluding hydrogens is 646 g/mol. The molecule has 2 saturated heterocycles. The lowest BCUT2D eigenvalue weighted by Gasteiger charge is -2.49. The number of aliphatic imine (C=N–C) groups is 4. The topological polar surface area (TPSA) is 478 Å². The maximum absolute atomic E-state index is 11.6. The fourth-order valence-corrected chi connectivity index (χ4v) is 5.66. The highest BCUT2D eigenvalue weighted by atomic mass is 16.7. The summed E-state index contributed by atoms with van der Waals surface area (Å²) in [6.45, 7) is -1.11. The second-order valence-electron chi connectivity index (χ2n) is 11.3. The van der Waals surface area contributed by atoms with Crippen LogP contribution in [0.5, 0.6) is 0 Å². The largest absolute Gasteiger partial charge is 0.394 e. The van der Waals surface area contributed by atoms with Crippen LogP contribution in [0, 0.1) is 5.41 Å². The third-order valence-corrected chi connectivity index (χ3v) is 7.75. The molecule has 1 saturated carbocycles. The van der Waals surface area contributed by atoms with Gasteiger partial charge in [0.05, 0.1) is 25.2 Å².